The highest BCUT2D eigenvalue weighted by Crippen LogP contribution is 2.08. The second-order valence-corrected chi connectivity index (χ2v) is 4.32. The van der Waals surface area contributed by atoms with Crippen LogP contribution in [0.15, 0.2) is 12.7 Å². The van der Waals surface area contributed by atoms with Gasteiger partial charge < -0.3 is 15.4 Å². The fourth-order valence-electron chi connectivity index (χ4n) is 1.59. The number of anilines is 2. The molecule has 2 aromatic heterocycles. The summed E-state index contributed by atoms with van der Waals surface area (Å²) in [6.45, 7) is 4.29. The molecule has 0 amide bonds. The second kappa shape index (κ2) is 8.10. The lowest BCUT2D eigenvalue weighted by Crippen LogP contribution is -2.14. The minimum atomic E-state index is 0.426. The zero-order valence-electron chi connectivity index (χ0n) is 12.3. The van der Waals surface area contributed by atoms with Gasteiger partial charge in [-0.2, -0.15) is 24.7 Å². The van der Waals surface area contributed by atoms with Gasteiger partial charge in [0.1, 0.15) is 12.7 Å². The molecule has 2 heterocycles. The van der Waals surface area contributed by atoms with Crippen LogP contribution in [-0.4, -0.2) is 56.5 Å². The van der Waals surface area contributed by atoms with Gasteiger partial charge in [-0.15, -0.1) is 0 Å². The fraction of sp³-hybridized carbons (Fsp3) is 0.583. The first-order valence-electron chi connectivity index (χ1n) is 6.91. The topological polar surface area (TPSA) is 103 Å². The molecule has 0 fully saturated rings. The molecule has 0 unspecified atom stereocenters. The summed E-state index contributed by atoms with van der Waals surface area (Å²) in [5.41, 5.74) is 0. The Morgan fingerprint density at radius 1 is 1.14 bits per heavy atom. The SMILES string of the molecule is CCCNc1nc(NCCCOC)nc(-n2cncn2)n1. The summed E-state index contributed by atoms with van der Waals surface area (Å²) in [4.78, 5) is 16.9. The molecule has 0 saturated carbocycles. The third kappa shape index (κ3) is 4.63. The van der Waals surface area contributed by atoms with Crippen molar-refractivity contribution in [1.82, 2.24) is 29.7 Å². The summed E-state index contributed by atoms with van der Waals surface area (Å²) in [5.74, 6) is 1.45. The molecule has 2 N–H and O–H groups in total. The molecule has 21 heavy (non-hydrogen) atoms. The van der Waals surface area contributed by atoms with Gasteiger partial charge in [0, 0.05) is 26.8 Å². The molecule has 2 rings (SSSR count). The Morgan fingerprint density at radius 3 is 2.52 bits per heavy atom. The quantitative estimate of drug-likeness (QED) is 0.652. The van der Waals surface area contributed by atoms with E-state index in [2.05, 4.69) is 42.6 Å². The van der Waals surface area contributed by atoms with Crippen molar-refractivity contribution >= 4 is 11.9 Å². The third-order valence-electron chi connectivity index (χ3n) is 2.59. The molecule has 0 bridgehead atoms. The highest BCUT2D eigenvalue weighted by molar-refractivity contribution is 5.37. The van der Waals surface area contributed by atoms with Gasteiger partial charge in [0.15, 0.2) is 0 Å². The van der Waals surface area contributed by atoms with Gasteiger partial charge in [-0.05, 0) is 12.8 Å². The van der Waals surface area contributed by atoms with Crippen molar-refractivity contribution in [1.29, 1.82) is 0 Å². The Hall–Kier alpha value is -2.29. The molecular formula is C12H20N8O. The first-order valence-corrected chi connectivity index (χ1v) is 6.91. The van der Waals surface area contributed by atoms with E-state index in [1.807, 2.05) is 0 Å². The fourth-order valence-corrected chi connectivity index (χ4v) is 1.59. The average molecular weight is 292 g/mol. The van der Waals surface area contributed by atoms with Crippen LogP contribution in [-0.2, 0) is 4.74 Å². The van der Waals surface area contributed by atoms with Crippen molar-refractivity contribution in [2.45, 2.75) is 19.8 Å². The molecule has 0 aliphatic rings. The number of rotatable bonds is 9. The smallest absolute Gasteiger partial charge is 0.258 e. The molecule has 0 atom stereocenters. The van der Waals surface area contributed by atoms with Gasteiger partial charge in [0.05, 0.1) is 0 Å². The normalized spacial score (nSPS) is 10.6. The van der Waals surface area contributed by atoms with Crippen LogP contribution in [0.3, 0.4) is 0 Å². The molecule has 2 aromatic rings. The maximum atomic E-state index is 5.01. The van der Waals surface area contributed by atoms with Crippen molar-refractivity contribution < 1.29 is 4.74 Å². The maximum Gasteiger partial charge on any atom is 0.258 e. The molecule has 0 radical (unpaired) electrons. The van der Waals surface area contributed by atoms with E-state index in [4.69, 9.17) is 4.74 Å². The first-order chi connectivity index (χ1) is 10.3. The van der Waals surface area contributed by atoms with Gasteiger partial charge in [0.25, 0.3) is 5.95 Å². The van der Waals surface area contributed by atoms with E-state index in [0.29, 0.717) is 24.5 Å². The minimum Gasteiger partial charge on any atom is -0.385 e. The van der Waals surface area contributed by atoms with E-state index in [9.17, 15) is 0 Å². The zero-order chi connectivity index (χ0) is 14.9. The molecule has 9 nitrogen and oxygen atoms in total. The number of aromatic nitrogens is 6. The summed E-state index contributed by atoms with van der Waals surface area (Å²) in [6.07, 6.45) is 4.85. The standard InChI is InChI=1S/C12H20N8O/c1-3-5-14-10-17-11(15-6-4-7-21-2)19-12(18-10)20-9-13-8-16-20/h8-9H,3-7H2,1-2H3,(H2,14,15,17,18,19). The lowest BCUT2D eigenvalue weighted by atomic mass is 10.4. The van der Waals surface area contributed by atoms with Crippen molar-refractivity contribution in [2.24, 2.45) is 0 Å². The molecule has 0 aromatic carbocycles. The Morgan fingerprint density at radius 2 is 1.90 bits per heavy atom. The van der Waals surface area contributed by atoms with Crippen LogP contribution in [0.4, 0.5) is 11.9 Å². The minimum absolute atomic E-state index is 0.426. The lowest BCUT2D eigenvalue weighted by Gasteiger charge is -2.09. The van der Waals surface area contributed by atoms with Crippen LogP contribution in [0.25, 0.3) is 5.95 Å². The van der Waals surface area contributed by atoms with Crippen LogP contribution < -0.4 is 10.6 Å². The van der Waals surface area contributed by atoms with E-state index < -0.39 is 0 Å². The van der Waals surface area contributed by atoms with Crippen molar-refractivity contribution in [3.8, 4) is 5.95 Å². The number of ether oxygens (including phenoxy) is 1. The summed E-state index contributed by atoms with van der Waals surface area (Å²) in [5, 5.41) is 10.3. The average Bonchev–Trinajstić information content (AvgIpc) is 3.04. The summed E-state index contributed by atoms with van der Waals surface area (Å²) in [7, 11) is 1.68. The largest absolute Gasteiger partial charge is 0.385 e. The molecule has 9 heteroatoms. The molecule has 0 saturated heterocycles. The Labute approximate surface area is 123 Å². The number of hydrogen-bond acceptors (Lipinski definition) is 8. The molecule has 0 spiro atoms. The van der Waals surface area contributed by atoms with Crippen LogP contribution in [0.1, 0.15) is 19.8 Å². The molecular weight excluding hydrogens is 272 g/mol. The van der Waals surface area contributed by atoms with E-state index in [1.54, 1.807) is 13.4 Å². The van der Waals surface area contributed by atoms with Gasteiger partial charge in [-0.3, -0.25) is 0 Å². The van der Waals surface area contributed by atoms with Gasteiger partial charge in [-0.25, -0.2) is 4.98 Å². The van der Waals surface area contributed by atoms with Crippen molar-refractivity contribution in [3.63, 3.8) is 0 Å². The highest BCUT2D eigenvalue weighted by atomic mass is 16.5. The first kappa shape index (κ1) is 15.1. The summed E-state index contributed by atoms with van der Waals surface area (Å²) >= 11 is 0. The van der Waals surface area contributed by atoms with Crippen molar-refractivity contribution in [3.05, 3.63) is 12.7 Å². The van der Waals surface area contributed by atoms with Crippen LogP contribution in [0, 0.1) is 0 Å². The number of nitrogens with zero attached hydrogens (tertiary/aromatic N) is 6. The zero-order valence-corrected chi connectivity index (χ0v) is 12.3. The van der Waals surface area contributed by atoms with E-state index in [-0.39, 0.29) is 0 Å². The van der Waals surface area contributed by atoms with Crippen molar-refractivity contribution in [2.75, 3.05) is 37.4 Å². The Balaban J connectivity index is 2.12. The molecule has 0 aliphatic carbocycles. The van der Waals surface area contributed by atoms with E-state index in [1.165, 1.54) is 11.0 Å². The lowest BCUT2D eigenvalue weighted by molar-refractivity contribution is 0.197. The predicted octanol–water partition coefficient (Wildman–Crippen LogP) is 0.723. The summed E-state index contributed by atoms with van der Waals surface area (Å²) < 4.78 is 6.51. The number of nitrogens with one attached hydrogen (secondary N) is 2. The number of hydrogen-bond donors (Lipinski definition) is 2. The van der Waals surface area contributed by atoms with E-state index >= 15 is 0 Å². The Bertz CT molecular complexity index is 530. The molecule has 0 aliphatic heterocycles. The third-order valence-corrected chi connectivity index (χ3v) is 2.59. The van der Waals surface area contributed by atoms with Gasteiger partial charge in [0.2, 0.25) is 11.9 Å². The summed E-state index contributed by atoms with van der Waals surface area (Å²) in [6, 6.07) is 0. The van der Waals surface area contributed by atoms with Crippen LogP contribution in [0.5, 0.6) is 0 Å². The Kier molecular flexibility index (Phi) is 5.83. The van der Waals surface area contributed by atoms with E-state index in [0.717, 1.165) is 25.9 Å². The predicted molar refractivity (Wildman–Crippen MR) is 78.5 cm³/mol. The number of methoxy groups -OCH3 is 1. The maximum absolute atomic E-state index is 5.01. The van der Waals surface area contributed by atoms with Gasteiger partial charge >= 0.3 is 0 Å². The van der Waals surface area contributed by atoms with Crippen LogP contribution >= 0.6 is 0 Å². The monoisotopic (exact) mass is 292 g/mol. The van der Waals surface area contributed by atoms with Gasteiger partial charge in [-0.1, -0.05) is 6.92 Å². The second-order valence-electron chi connectivity index (χ2n) is 4.32. The molecule has 114 valence electrons. The van der Waals surface area contributed by atoms with Crippen LogP contribution in [0.2, 0.25) is 0 Å². The highest BCUT2D eigenvalue weighted by Gasteiger charge is 2.08.